The van der Waals surface area contributed by atoms with E-state index in [1.54, 1.807) is 32.0 Å². The molecule has 0 bridgehead atoms. The zero-order valence-corrected chi connectivity index (χ0v) is 8.57. The number of hydrogen-bond donors (Lipinski definition) is 1. The number of carbonyl (C=O) groups excluding carboxylic acids is 1. The monoisotopic (exact) mass is 194 g/mol. The van der Waals surface area contributed by atoms with E-state index >= 15 is 0 Å². The molecule has 1 rings (SSSR count). The van der Waals surface area contributed by atoms with Crippen LogP contribution in [-0.2, 0) is 9.53 Å². The minimum Gasteiger partial charge on any atom is -0.508 e. The molecule has 1 atom stereocenters. The third kappa shape index (κ3) is 2.05. The summed E-state index contributed by atoms with van der Waals surface area (Å²) in [5.74, 6) is -0.319. The Morgan fingerprint density at radius 3 is 2.64 bits per heavy atom. The van der Waals surface area contributed by atoms with Gasteiger partial charge in [-0.05, 0) is 31.0 Å². The van der Waals surface area contributed by atoms with E-state index < -0.39 is 0 Å². The second kappa shape index (κ2) is 4.13. The summed E-state index contributed by atoms with van der Waals surface area (Å²) in [5, 5.41) is 9.31. The normalized spacial score (nSPS) is 12.2. The first-order valence-corrected chi connectivity index (χ1v) is 4.43. The fourth-order valence-electron chi connectivity index (χ4n) is 1.26. The Morgan fingerprint density at radius 2 is 2.14 bits per heavy atom. The SMILES string of the molecule is COC(=O)C(C)c1ccc(O)c(C)c1. The number of phenolic OH excluding ortho intramolecular Hbond substituents is 1. The average Bonchev–Trinajstić information content (AvgIpc) is 2.20. The first-order chi connectivity index (χ1) is 6.56. The lowest BCUT2D eigenvalue weighted by atomic mass is 9.99. The highest BCUT2D eigenvalue weighted by Gasteiger charge is 2.15. The Morgan fingerprint density at radius 1 is 1.50 bits per heavy atom. The van der Waals surface area contributed by atoms with Crippen LogP contribution in [0.1, 0.15) is 24.0 Å². The van der Waals surface area contributed by atoms with Gasteiger partial charge in [-0.25, -0.2) is 0 Å². The van der Waals surface area contributed by atoms with E-state index in [-0.39, 0.29) is 17.6 Å². The van der Waals surface area contributed by atoms with Gasteiger partial charge in [-0.3, -0.25) is 4.79 Å². The molecule has 3 heteroatoms. The van der Waals surface area contributed by atoms with Crippen LogP contribution in [0.2, 0.25) is 0 Å². The van der Waals surface area contributed by atoms with Crippen molar-refractivity contribution in [3.63, 3.8) is 0 Å². The van der Waals surface area contributed by atoms with Crippen molar-refractivity contribution in [3.8, 4) is 5.75 Å². The molecule has 0 aromatic heterocycles. The summed E-state index contributed by atoms with van der Waals surface area (Å²) in [5.41, 5.74) is 1.62. The van der Waals surface area contributed by atoms with Crippen LogP contribution in [0.4, 0.5) is 0 Å². The fraction of sp³-hybridized carbons (Fsp3) is 0.364. The third-order valence-corrected chi connectivity index (χ3v) is 2.28. The predicted octanol–water partition coefficient (Wildman–Crippen LogP) is 1.98. The van der Waals surface area contributed by atoms with Gasteiger partial charge in [0, 0.05) is 0 Å². The van der Waals surface area contributed by atoms with Crippen molar-refractivity contribution in [1.29, 1.82) is 0 Å². The zero-order chi connectivity index (χ0) is 10.7. The number of phenols is 1. The van der Waals surface area contributed by atoms with Gasteiger partial charge in [-0.15, -0.1) is 0 Å². The molecular formula is C11H14O3. The third-order valence-electron chi connectivity index (χ3n) is 2.28. The highest BCUT2D eigenvalue weighted by molar-refractivity contribution is 5.77. The molecule has 1 aromatic rings. The lowest BCUT2D eigenvalue weighted by Crippen LogP contribution is -2.10. The lowest BCUT2D eigenvalue weighted by Gasteiger charge is -2.10. The topological polar surface area (TPSA) is 46.5 Å². The highest BCUT2D eigenvalue weighted by Crippen LogP contribution is 2.23. The molecule has 1 aromatic carbocycles. The second-order valence-corrected chi connectivity index (χ2v) is 3.29. The van der Waals surface area contributed by atoms with Crippen LogP contribution in [0.25, 0.3) is 0 Å². The molecule has 3 nitrogen and oxygen atoms in total. The Labute approximate surface area is 83.3 Å². The number of benzene rings is 1. The van der Waals surface area contributed by atoms with Gasteiger partial charge in [0.2, 0.25) is 0 Å². The van der Waals surface area contributed by atoms with Crippen molar-refractivity contribution in [3.05, 3.63) is 29.3 Å². The first-order valence-electron chi connectivity index (χ1n) is 4.43. The van der Waals surface area contributed by atoms with Gasteiger partial charge in [-0.2, -0.15) is 0 Å². The van der Waals surface area contributed by atoms with Crippen molar-refractivity contribution >= 4 is 5.97 Å². The number of rotatable bonds is 2. The van der Waals surface area contributed by atoms with Crippen LogP contribution in [0.3, 0.4) is 0 Å². The van der Waals surface area contributed by atoms with Crippen LogP contribution < -0.4 is 0 Å². The van der Waals surface area contributed by atoms with Crippen LogP contribution in [0.5, 0.6) is 5.75 Å². The van der Waals surface area contributed by atoms with Crippen molar-refractivity contribution in [1.82, 2.24) is 0 Å². The lowest BCUT2D eigenvalue weighted by molar-refractivity contribution is -0.141. The number of methoxy groups -OCH3 is 1. The highest BCUT2D eigenvalue weighted by atomic mass is 16.5. The quantitative estimate of drug-likeness (QED) is 0.732. The summed E-state index contributed by atoms with van der Waals surface area (Å²) in [7, 11) is 1.37. The minimum absolute atomic E-state index is 0.241. The van der Waals surface area contributed by atoms with Gasteiger partial charge >= 0.3 is 5.97 Å². The fourth-order valence-corrected chi connectivity index (χ4v) is 1.26. The molecular weight excluding hydrogens is 180 g/mol. The first kappa shape index (κ1) is 10.6. The summed E-state index contributed by atoms with van der Waals surface area (Å²) in [6.07, 6.45) is 0. The summed E-state index contributed by atoms with van der Waals surface area (Å²) < 4.78 is 4.64. The van der Waals surface area contributed by atoms with Crippen molar-refractivity contribution in [2.45, 2.75) is 19.8 Å². The molecule has 0 aliphatic heterocycles. The van der Waals surface area contributed by atoms with Gasteiger partial charge in [-0.1, -0.05) is 12.1 Å². The van der Waals surface area contributed by atoms with E-state index in [1.807, 2.05) is 0 Å². The van der Waals surface area contributed by atoms with E-state index in [0.29, 0.717) is 0 Å². The standard InChI is InChI=1S/C11H14O3/c1-7-6-9(4-5-10(7)12)8(2)11(13)14-3/h4-6,8,12H,1-3H3. The molecule has 0 aliphatic rings. The smallest absolute Gasteiger partial charge is 0.312 e. The maximum Gasteiger partial charge on any atom is 0.312 e. The van der Waals surface area contributed by atoms with Crippen molar-refractivity contribution < 1.29 is 14.6 Å². The number of hydrogen-bond acceptors (Lipinski definition) is 3. The number of esters is 1. The summed E-state index contributed by atoms with van der Waals surface area (Å²) >= 11 is 0. The molecule has 0 amide bonds. The number of aromatic hydroxyl groups is 1. The van der Waals surface area contributed by atoms with Gasteiger partial charge < -0.3 is 9.84 Å². The minimum atomic E-state index is -0.292. The largest absolute Gasteiger partial charge is 0.508 e. The van der Waals surface area contributed by atoms with Crippen LogP contribution in [0, 0.1) is 6.92 Å². The summed E-state index contributed by atoms with van der Waals surface area (Å²) in [4.78, 5) is 11.2. The maximum atomic E-state index is 11.2. The van der Waals surface area contributed by atoms with Crippen LogP contribution >= 0.6 is 0 Å². The summed E-state index contributed by atoms with van der Waals surface area (Å²) in [6, 6.07) is 5.10. The van der Waals surface area contributed by atoms with E-state index in [4.69, 9.17) is 0 Å². The van der Waals surface area contributed by atoms with E-state index in [2.05, 4.69) is 4.74 Å². The zero-order valence-electron chi connectivity index (χ0n) is 8.57. The van der Waals surface area contributed by atoms with Crippen molar-refractivity contribution in [2.75, 3.05) is 7.11 Å². The number of aryl methyl sites for hydroxylation is 1. The Bertz CT molecular complexity index is 344. The molecule has 0 spiro atoms. The molecule has 14 heavy (non-hydrogen) atoms. The van der Waals surface area contributed by atoms with Gasteiger partial charge in [0.05, 0.1) is 13.0 Å². The van der Waals surface area contributed by atoms with Gasteiger partial charge in [0.25, 0.3) is 0 Å². The molecule has 0 aliphatic carbocycles. The Kier molecular flexibility index (Phi) is 3.12. The predicted molar refractivity (Wildman–Crippen MR) is 53.3 cm³/mol. The van der Waals surface area contributed by atoms with E-state index in [9.17, 15) is 9.90 Å². The molecule has 1 N–H and O–H groups in total. The molecule has 0 saturated heterocycles. The molecule has 0 radical (unpaired) electrons. The van der Waals surface area contributed by atoms with E-state index in [0.717, 1.165) is 11.1 Å². The molecule has 76 valence electrons. The summed E-state index contributed by atoms with van der Waals surface area (Å²) in [6.45, 7) is 3.57. The average molecular weight is 194 g/mol. The Hall–Kier alpha value is -1.51. The van der Waals surface area contributed by atoms with Crippen LogP contribution in [0.15, 0.2) is 18.2 Å². The second-order valence-electron chi connectivity index (χ2n) is 3.29. The maximum absolute atomic E-state index is 11.2. The molecule has 0 fully saturated rings. The van der Waals surface area contributed by atoms with Gasteiger partial charge in [0.15, 0.2) is 0 Å². The Balaban J connectivity index is 2.96. The van der Waals surface area contributed by atoms with Crippen LogP contribution in [-0.4, -0.2) is 18.2 Å². The number of carbonyl (C=O) groups is 1. The van der Waals surface area contributed by atoms with Crippen molar-refractivity contribution in [2.24, 2.45) is 0 Å². The molecule has 0 heterocycles. The van der Waals surface area contributed by atoms with Gasteiger partial charge in [0.1, 0.15) is 5.75 Å². The molecule has 0 saturated carbocycles. The number of ether oxygens (including phenoxy) is 1. The van der Waals surface area contributed by atoms with E-state index in [1.165, 1.54) is 7.11 Å². The molecule has 1 unspecified atom stereocenters.